The van der Waals surface area contributed by atoms with Crippen LogP contribution in [0.1, 0.15) is 0 Å². The quantitative estimate of drug-likeness (QED) is 0.808. The van der Waals surface area contributed by atoms with E-state index in [0.717, 1.165) is 0 Å². The van der Waals surface area contributed by atoms with E-state index in [9.17, 15) is 0 Å². The zero-order valence-electron chi connectivity index (χ0n) is 4.01. The first kappa shape index (κ1) is 8.84. The SMILES string of the molecule is OC(COBr)COBr. The Labute approximate surface area is 64.9 Å². The van der Waals surface area contributed by atoms with Crippen LogP contribution >= 0.6 is 32.5 Å². The largest absolute Gasteiger partial charge is 0.388 e. The van der Waals surface area contributed by atoms with Gasteiger partial charge in [0.1, 0.15) is 6.10 Å². The summed E-state index contributed by atoms with van der Waals surface area (Å²) in [6, 6.07) is 0. The minimum Gasteiger partial charge on any atom is -0.388 e. The minimum atomic E-state index is -0.575. The Kier molecular flexibility index (Phi) is 6.59. The molecule has 0 saturated carbocycles. The van der Waals surface area contributed by atoms with E-state index in [1.54, 1.807) is 0 Å². The van der Waals surface area contributed by atoms with Gasteiger partial charge in [0.05, 0.1) is 45.7 Å². The van der Waals surface area contributed by atoms with Gasteiger partial charge in [-0.25, -0.2) is 0 Å². The standard InChI is InChI=1S/C3H6Br2O3/c4-7-1-3(6)2-8-5/h3,6H,1-2H2. The molecule has 5 heteroatoms. The van der Waals surface area contributed by atoms with Crippen LogP contribution in [0, 0.1) is 0 Å². The lowest BCUT2D eigenvalue weighted by molar-refractivity contribution is 0.0844. The maximum absolute atomic E-state index is 8.74. The molecule has 0 aromatic carbocycles. The summed E-state index contributed by atoms with van der Waals surface area (Å²) in [6.45, 7) is 0.456. The van der Waals surface area contributed by atoms with Crippen molar-refractivity contribution in [3.05, 3.63) is 0 Å². The van der Waals surface area contributed by atoms with E-state index >= 15 is 0 Å². The predicted molar refractivity (Wildman–Crippen MR) is 35.8 cm³/mol. The van der Waals surface area contributed by atoms with Crippen molar-refractivity contribution in [1.82, 2.24) is 0 Å². The van der Waals surface area contributed by atoms with Crippen LogP contribution < -0.4 is 0 Å². The summed E-state index contributed by atoms with van der Waals surface area (Å²) in [6.07, 6.45) is -0.575. The summed E-state index contributed by atoms with van der Waals surface area (Å²) in [7, 11) is 0. The van der Waals surface area contributed by atoms with Gasteiger partial charge in [-0.3, -0.25) is 0 Å². The van der Waals surface area contributed by atoms with E-state index in [0.29, 0.717) is 0 Å². The van der Waals surface area contributed by atoms with Gasteiger partial charge >= 0.3 is 0 Å². The average molecular weight is 250 g/mol. The smallest absolute Gasteiger partial charge is 0.103 e. The van der Waals surface area contributed by atoms with Crippen LogP contribution in [0.25, 0.3) is 0 Å². The molecule has 8 heavy (non-hydrogen) atoms. The summed E-state index contributed by atoms with van der Waals surface area (Å²) >= 11 is 5.38. The molecule has 50 valence electrons. The Morgan fingerprint density at radius 3 is 1.88 bits per heavy atom. The molecular weight excluding hydrogens is 244 g/mol. The number of halogens is 2. The third kappa shape index (κ3) is 4.99. The zero-order valence-corrected chi connectivity index (χ0v) is 7.18. The second kappa shape index (κ2) is 5.97. The van der Waals surface area contributed by atoms with Crippen LogP contribution in [-0.2, 0) is 7.66 Å². The molecule has 0 amide bonds. The summed E-state index contributed by atoms with van der Waals surface area (Å²) in [4.78, 5) is 0. The van der Waals surface area contributed by atoms with Crippen molar-refractivity contribution in [1.29, 1.82) is 0 Å². The van der Waals surface area contributed by atoms with Gasteiger partial charge in [-0.15, -0.1) is 0 Å². The van der Waals surface area contributed by atoms with Crippen molar-refractivity contribution in [3.8, 4) is 0 Å². The molecule has 0 bridgehead atoms. The topological polar surface area (TPSA) is 38.7 Å². The highest BCUT2D eigenvalue weighted by atomic mass is 79.9. The van der Waals surface area contributed by atoms with E-state index in [2.05, 4.69) is 40.2 Å². The normalized spacial score (nSPS) is 10.5. The van der Waals surface area contributed by atoms with Crippen molar-refractivity contribution < 1.29 is 12.8 Å². The zero-order chi connectivity index (χ0) is 6.41. The fraction of sp³-hybridized carbons (Fsp3) is 1.00. The molecule has 0 spiro atoms. The summed E-state index contributed by atoms with van der Waals surface area (Å²) in [5.74, 6) is 0. The van der Waals surface area contributed by atoms with Crippen LogP contribution in [0.2, 0.25) is 0 Å². The Bertz CT molecular complexity index is 45.8. The van der Waals surface area contributed by atoms with E-state index in [1.807, 2.05) is 0 Å². The molecule has 0 fully saturated rings. The Morgan fingerprint density at radius 2 is 1.62 bits per heavy atom. The molecule has 0 saturated heterocycles. The van der Waals surface area contributed by atoms with Crippen LogP contribution in [0.4, 0.5) is 0 Å². The number of aliphatic hydroxyl groups is 1. The van der Waals surface area contributed by atoms with Gasteiger partial charge in [0.15, 0.2) is 0 Å². The molecule has 1 N–H and O–H groups in total. The Hall–Kier alpha value is 0.840. The number of hydrogen-bond acceptors (Lipinski definition) is 3. The first-order chi connectivity index (χ1) is 3.81. The molecule has 3 nitrogen and oxygen atoms in total. The van der Waals surface area contributed by atoms with Gasteiger partial charge in [-0.2, -0.15) is 0 Å². The maximum Gasteiger partial charge on any atom is 0.103 e. The predicted octanol–water partition coefficient (Wildman–Crippen LogP) is 1.00. The number of hydrogen-bond donors (Lipinski definition) is 1. The molecule has 0 radical (unpaired) electrons. The van der Waals surface area contributed by atoms with E-state index < -0.39 is 6.10 Å². The molecule has 0 aliphatic rings. The van der Waals surface area contributed by atoms with E-state index in [4.69, 9.17) is 5.11 Å². The molecule has 0 aromatic heterocycles. The molecule has 0 aliphatic heterocycles. The van der Waals surface area contributed by atoms with Gasteiger partial charge in [-0.05, 0) is 0 Å². The molecule has 0 aliphatic carbocycles. The van der Waals surface area contributed by atoms with Crippen molar-refractivity contribution in [2.45, 2.75) is 6.10 Å². The fourth-order valence-electron chi connectivity index (χ4n) is 0.194. The molecule has 0 aromatic rings. The second-order valence-corrected chi connectivity index (χ2v) is 2.12. The minimum absolute atomic E-state index is 0.228. The summed E-state index contributed by atoms with van der Waals surface area (Å²) in [5.41, 5.74) is 0. The third-order valence-corrected chi connectivity index (χ3v) is 1.04. The fourth-order valence-corrected chi connectivity index (χ4v) is 0.804. The average Bonchev–Trinajstić information content (AvgIpc) is 1.68. The van der Waals surface area contributed by atoms with Crippen molar-refractivity contribution in [2.75, 3.05) is 13.2 Å². The highest BCUT2D eigenvalue weighted by Crippen LogP contribution is 1.93. The van der Waals surface area contributed by atoms with Crippen LogP contribution in [0.5, 0.6) is 0 Å². The van der Waals surface area contributed by atoms with Crippen LogP contribution in [0.3, 0.4) is 0 Å². The lowest BCUT2D eigenvalue weighted by Crippen LogP contribution is -2.17. The van der Waals surface area contributed by atoms with Crippen molar-refractivity contribution in [3.63, 3.8) is 0 Å². The summed E-state index contributed by atoms with van der Waals surface area (Å²) in [5, 5.41) is 8.74. The highest BCUT2D eigenvalue weighted by Gasteiger charge is 2.01. The monoisotopic (exact) mass is 248 g/mol. The lowest BCUT2D eigenvalue weighted by atomic mass is 10.4. The van der Waals surface area contributed by atoms with Gasteiger partial charge in [0.25, 0.3) is 0 Å². The molecule has 0 rings (SSSR count). The highest BCUT2D eigenvalue weighted by molar-refractivity contribution is 9.06. The lowest BCUT2D eigenvalue weighted by Gasteiger charge is -2.03. The second-order valence-electron chi connectivity index (χ2n) is 1.21. The van der Waals surface area contributed by atoms with Gasteiger partial charge in [0.2, 0.25) is 0 Å². The van der Waals surface area contributed by atoms with Crippen LogP contribution in [-0.4, -0.2) is 24.4 Å². The molecular formula is C3H6Br2O3. The van der Waals surface area contributed by atoms with Gasteiger partial charge < -0.3 is 12.8 Å². The Morgan fingerprint density at radius 1 is 1.25 bits per heavy atom. The Balaban J connectivity index is 2.92. The van der Waals surface area contributed by atoms with Crippen molar-refractivity contribution >= 4 is 32.5 Å². The van der Waals surface area contributed by atoms with Gasteiger partial charge in [-0.1, -0.05) is 0 Å². The first-order valence-corrected chi connectivity index (χ1v) is 3.26. The van der Waals surface area contributed by atoms with E-state index in [1.165, 1.54) is 0 Å². The third-order valence-electron chi connectivity index (χ3n) is 0.511. The van der Waals surface area contributed by atoms with Crippen LogP contribution in [0.15, 0.2) is 0 Å². The molecule has 0 heterocycles. The number of rotatable bonds is 4. The number of aliphatic hydroxyl groups excluding tert-OH is 1. The molecule has 0 atom stereocenters. The van der Waals surface area contributed by atoms with E-state index in [-0.39, 0.29) is 13.2 Å². The maximum atomic E-state index is 8.74. The first-order valence-electron chi connectivity index (χ1n) is 1.96. The molecule has 0 unspecified atom stereocenters. The summed E-state index contributed by atoms with van der Waals surface area (Å²) < 4.78 is 8.84. The van der Waals surface area contributed by atoms with Crippen molar-refractivity contribution in [2.24, 2.45) is 0 Å². The van der Waals surface area contributed by atoms with Gasteiger partial charge in [0, 0.05) is 0 Å².